The number of hydrogen-bond donors (Lipinski definition) is 1. The Morgan fingerprint density at radius 2 is 1.65 bits per heavy atom. The second-order valence-corrected chi connectivity index (χ2v) is 8.10. The molecule has 0 heterocycles. The van der Waals surface area contributed by atoms with Crippen molar-refractivity contribution in [1.29, 1.82) is 0 Å². The van der Waals surface area contributed by atoms with Crippen molar-refractivity contribution in [2.75, 3.05) is 5.32 Å². The van der Waals surface area contributed by atoms with E-state index in [2.05, 4.69) is 33.0 Å². The van der Waals surface area contributed by atoms with Crippen LogP contribution in [0.1, 0.15) is 53.5 Å². The molecule has 0 bridgehead atoms. The Morgan fingerprint density at radius 1 is 1.04 bits per heavy atom. The van der Waals surface area contributed by atoms with Crippen molar-refractivity contribution in [3.8, 4) is 5.75 Å². The van der Waals surface area contributed by atoms with Crippen LogP contribution < -0.4 is 10.1 Å². The van der Waals surface area contributed by atoms with Gasteiger partial charge in [0.1, 0.15) is 12.4 Å². The van der Waals surface area contributed by atoms with Gasteiger partial charge < -0.3 is 10.1 Å². The van der Waals surface area contributed by atoms with E-state index in [9.17, 15) is 4.79 Å². The summed E-state index contributed by atoms with van der Waals surface area (Å²) >= 11 is 0. The third-order valence-corrected chi connectivity index (χ3v) is 3.41. The van der Waals surface area contributed by atoms with Gasteiger partial charge in [-0.3, -0.25) is 4.79 Å². The van der Waals surface area contributed by atoms with Gasteiger partial charge in [-0.2, -0.15) is 0 Å². The number of benzene rings is 2. The highest BCUT2D eigenvalue weighted by Gasteiger charge is 2.10. The molecule has 0 fully saturated rings. The molecule has 1 unspecified atom stereocenters. The average molecular weight is 356 g/mol. The summed E-state index contributed by atoms with van der Waals surface area (Å²) < 4.78 is 5.75. The molecule has 1 atom stereocenters. The zero-order valence-corrected chi connectivity index (χ0v) is 17.0. The highest BCUT2D eigenvalue weighted by Crippen LogP contribution is 2.19. The predicted molar refractivity (Wildman–Crippen MR) is 110 cm³/mol. The van der Waals surface area contributed by atoms with Crippen molar-refractivity contribution in [3.05, 3.63) is 60.2 Å². The number of carbonyl (C=O) groups excluding carboxylic acids is 1. The number of carbonyl (C=O) groups is 1. The smallest absolute Gasteiger partial charge is 0.227 e. The summed E-state index contributed by atoms with van der Waals surface area (Å²) in [5, 5.41) is 2.91. The van der Waals surface area contributed by atoms with Gasteiger partial charge in [0, 0.05) is 17.7 Å². The third kappa shape index (κ3) is 9.87. The molecule has 0 spiro atoms. The zero-order valence-electron chi connectivity index (χ0n) is 17.0. The molecule has 0 aliphatic heterocycles. The number of ether oxygens (including phenoxy) is 1. The van der Waals surface area contributed by atoms with E-state index < -0.39 is 0 Å². The molecular formula is C23H33NO2. The molecule has 0 aliphatic carbocycles. The molecule has 0 radical (unpaired) electrons. The van der Waals surface area contributed by atoms with Crippen LogP contribution in [0.2, 0.25) is 0 Å². The van der Waals surface area contributed by atoms with Gasteiger partial charge in [-0.05, 0) is 29.5 Å². The second-order valence-electron chi connectivity index (χ2n) is 8.10. The van der Waals surface area contributed by atoms with Crippen LogP contribution >= 0.6 is 0 Å². The number of nitrogens with one attached hydrogen (secondary N) is 1. The Kier molecular flexibility index (Phi) is 8.91. The van der Waals surface area contributed by atoms with Gasteiger partial charge in [0.2, 0.25) is 5.91 Å². The fourth-order valence-corrected chi connectivity index (χ4v) is 1.86. The van der Waals surface area contributed by atoms with Crippen molar-refractivity contribution in [2.24, 2.45) is 11.3 Å². The van der Waals surface area contributed by atoms with Gasteiger partial charge in [0.15, 0.2) is 0 Å². The summed E-state index contributed by atoms with van der Waals surface area (Å²) in [6, 6.07) is 17.5. The van der Waals surface area contributed by atoms with E-state index in [4.69, 9.17) is 4.74 Å². The monoisotopic (exact) mass is 355 g/mol. The molecule has 3 nitrogen and oxygen atoms in total. The lowest BCUT2D eigenvalue weighted by Crippen LogP contribution is -2.19. The van der Waals surface area contributed by atoms with Crippen LogP contribution in [-0.2, 0) is 11.4 Å². The van der Waals surface area contributed by atoms with E-state index in [0.29, 0.717) is 12.0 Å². The first-order valence-electron chi connectivity index (χ1n) is 9.26. The molecule has 2 aromatic rings. The molecular weight excluding hydrogens is 322 g/mol. The van der Waals surface area contributed by atoms with E-state index in [0.717, 1.165) is 23.4 Å². The molecule has 1 amide bonds. The van der Waals surface area contributed by atoms with E-state index in [1.54, 1.807) is 0 Å². The van der Waals surface area contributed by atoms with Gasteiger partial charge >= 0.3 is 0 Å². The van der Waals surface area contributed by atoms with Crippen molar-refractivity contribution in [2.45, 2.75) is 54.6 Å². The highest BCUT2D eigenvalue weighted by molar-refractivity contribution is 5.92. The fourth-order valence-electron chi connectivity index (χ4n) is 1.86. The number of rotatable bonds is 6. The van der Waals surface area contributed by atoms with Crippen molar-refractivity contribution in [3.63, 3.8) is 0 Å². The molecule has 26 heavy (non-hydrogen) atoms. The Hall–Kier alpha value is -2.29. The van der Waals surface area contributed by atoms with Crippen LogP contribution in [-0.4, -0.2) is 5.91 Å². The predicted octanol–water partition coefficient (Wildman–Crippen LogP) is 6.30. The Labute approximate surface area is 158 Å². The van der Waals surface area contributed by atoms with Gasteiger partial charge in [0.25, 0.3) is 0 Å². The summed E-state index contributed by atoms with van der Waals surface area (Å²) in [4.78, 5) is 11.9. The van der Waals surface area contributed by atoms with Crippen molar-refractivity contribution >= 4 is 11.6 Å². The number of hydrogen-bond acceptors (Lipinski definition) is 2. The maximum atomic E-state index is 11.9. The first-order chi connectivity index (χ1) is 12.2. The first kappa shape index (κ1) is 21.8. The average Bonchev–Trinajstić information content (AvgIpc) is 2.59. The lowest BCUT2D eigenvalue weighted by molar-refractivity contribution is -0.119. The Bertz CT molecular complexity index is 653. The van der Waals surface area contributed by atoms with E-state index >= 15 is 0 Å². The molecule has 0 aliphatic rings. The lowest BCUT2D eigenvalue weighted by atomic mass is 10.0. The lowest BCUT2D eigenvalue weighted by Gasteiger charge is -2.11. The van der Waals surface area contributed by atoms with Gasteiger partial charge in [-0.1, -0.05) is 77.9 Å². The van der Waals surface area contributed by atoms with E-state index in [1.807, 2.05) is 68.4 Å². The van der Waals surface area contributed by atoms with Crippen LogP contribution in [0.25, 0.3) is 0 Å². The Balaban J connectivity index is 0.000000597. The molecule has 0 aromatic heterocycles. The van der Waals surface area contributed by atoms with Crippen LogP contribution in [0.15, 0.2) is 54.6 Å². The first-order valence-corrected chi connectivity index (χ1v) is 9.26. The maximum Gasteiger partial charge on any atom is 0.227 e. The zero-order chi connectivity index (χ0) is 19.6. The fraction of sp³-hybridized carbons (Fsp3) is 0.435. The van der Waals surface area contributed by atoms with Crippen LogP contribution in [0.4, 0.5) is 5.69 Å². The quantitative estimate of drug-likeness (QED) is 0.660. The highest BCUT2D eigenvalue weighted by atomic mass is 16.5. The molecule has 2 rings (SSSR count). The summed E-state index contributed by atoms with van der Waals surface area (Å²) in [5.74, 6) is 0.803. The summed E-state index contributed by atoms with van der Waals surface area (Å²) in [6.07, 6.45) is 0.829. The van der Waals surface area contributed by atoms with Crippen LogP contribution in [0.5, 0.6) is 5.75 Å². The molecule has 142 valence electrons. The maximum absolute atomic E-state index is 11.9. The van der Waals surface area contributed by atoms with Gasteiger partial charge in [0.05, 0.1) is 0 Å². The van der Waals surface area contributed by atoms with Crippen LogP contribution in [0, 0.1) is 11.3 Å². The minimum atomic E-state index is 0.0129. The van der Waals surface area contributed by atoms with E-state index in [1.165, 1.54) is 0 Å². The van der Waals surface area contributed by atoms with Gasteiger partial charge in [-0.25, -0.2) is 0 Å². The molecule has 2 aromatic carbocycles. The molecule has 0 saturated heterocycles. The number of anilines is 1. The SMILES string of the molecule is CC(C)(C)C.CCC(C)C(=O)Nc1cccc(OCc2ccccc2)c1. The normalized spacial score (nSPS) is 11.8. The van der Waals surface area contributed by atoms with Gasteiger partial charge in [-0.15, -0.1) is 0 Å². The van der Waals surface area contributed by atoms with Crippen LogP contribution in [0.3, 0.4) is 0 Å². The summed E-state index contributed by atoms with van der Waals surface area (Å²) in [5.41, 5.74) is 2.39. The van der Waals surface area contributed by atoms with E-state index in [-0.39, 0.29) is 11.8 Å². The molecule has 1 N–H and O–H groups in total. The topological polar surface area (TPSA) is 38.3 Å². The van der Waals surface area contributed by atoms with Crippen molar-refractivity contribution in [1.82, 2.24) is 0 Å². The minimum absolute atomic E-state index is 0.0129. The second kappa shape index (κ2) is 10.6. The molecule has 3 heteroatoms. The molecule has 0 saturated carbocycles. The largest absolute Gasteiger partial charge is 0.489 e. The standard InChI is InChI=1S/C18H21NO2.C5H12/c1-3-14(2)18(20)19-16-10-7-11-17(12-16)21-13-15-8-5-4-6-9-15;1-5(2,3)4/h4-12,14H,3,13H2,1-2H3,(H,19,20);1-4H3. The number of amides is 1. The summed E-state index contributed by atoms with van der Waals surface area (Å²) in [6.45, 7) is 13.2. The third-order valence-electron chi connectivity index (χ3n) is 3.41. The summed E-state index contributed by atoms with van der Waals surface area (Å²) in [7, 11) is 0. The van der Waals surface area contributed by atoms with Crippen molar-refractivity contribution < 1.29 is 9.53 Å². The minimum Gasteiger partial charge on any atom is -0.489 e. The Morgan fingerprint density at radius 3 is 2.23 bits per heavy atom.